The summed E-state index contributed by atoms with van der Waals surface area (Å²) in [7, 11) is 0. The fourth-order valence-corrected chi connectivity index (χ4v) is 4.04. The largest absolute Gasteiger partial charge is 0.492 e. The van der Waals surface area contributed by atoms with Crippen LogP contribution in [0.5, 0.6) is 5.75 Å². The van der Waals surface area contributed by atoms with Gasteiger partial charge in [-0.3, -0.25) is 9.78 Å². The van der Waals surface area contributed by atoms with Crippen LogP contribution in [0.25, 0.3) is 10.9 Å². The quantitative estimate of drug-likeness (QED) is 0.594. The van der Waals surface area contributed by atoms with E-state index >= 15 is 0 Å². The van der Waals surface area contributed by atoms with Crippen molar-refractivity contribution in [1.82, 2.24) is 4.98 Å². The second-order valence-electron chi connectivity index (χ2n) is 7.83. The molecule has 1 aromatic heterocycles. The number of hydrogen-bond acceptors (Lipinski definition) is 5. The van der Waals surface area contributed by atoms with E-state index in [2.05, 4.69) is 12.2 Å². The van der Waals surface area contributed by atoms with E-state index in [1.54, 1.807) is 18.2 Å². The molecule has 0 spiro atoms. The average Bonchev–Trinajstić information content (AvgIpc) is 2.77. The van der Waals surface area contributed by atoms with Crippen LogP contribution < -0.4 is 10.1 Å². The molecular formula is C25H26N2O4. The van der Waals surface area contributed by atoms with Gasteiger partial charge in [0.15, 0.2) is 6.61 Å². The molecule has 1 heterocycles. The third-order valence-electron chi connectivity index (χ3n) is 5.50. The Kier molecular flexibility index (Phi) is 6.16. The van der Waals surface area contributed by atoms with Crippen LogP contribution in [0.15, 0.2) is 48.5 Å². The maximum absolute atomic E-state index is 13.1. The summed E-state index contributed by atoms with van der Waals surface area (Å²) in [6.07, 6.45) is 2.68. The molecule has 0 saturated heterocycles. The molecule has 1 atom stereocenters. The SMILES string of the molecule is CCOc1ccccc1NC(=O)COC(=O)c1c2c(nc3ccccc13)CC[C@@H](C)C2. The molecule has 1 N–H and O–H groups in total. The van der Waals surface area contributed by atoms with Crippen LogP contribution in [0.1, 0.15) is 41.9 Å². The minimum absolute atomic E-state index is 0.375. The summed E-state index contributed by atoms with van der Waals surface area (Å²) < 4.78 is 11.0. The monoisotopic (exact) mass is 418 g/mol. The van der Waals surface area contributed by atoms with E-state index < -0.39 is 11.9 Å². The molecule has 0 saturated carbocycles. The van der Waals surface area contributed by atoms with Crippen LogP contribution in [0, 0.1) is 5.92 Å². The number of rotatable bonds is 6. The molecule has 1 aliphatic carbocycles. The standard InChI is InChI=1S/C25H26N2O4/c1-3-30-22-11-7-6-10-21(22)27-23(28)15-31-25(29)24-17-8-4-5-9-19(17)26-20-13-12-16(2)14-18(20)24/h4-11,16H,3,12-15H2,1-2H3,(H,27,28)/t16-/m1/s1. The van der Waals surface area contributed by atoms with E-state index in [1.165, 1.54) is 0 Å². The number of anilines is 1. The number of esters is 1. The van der Waals surface area contributed by atoms with Crippen LogP contribution in [0.4, 0.5) is 5.69 Å². The van der Waals surface area contributed by atoms with E-state index in [0.29, 0.717) is 29.5 Å². The third kappa shape index (κ3) is 4.53. The van der Waals surface area contributed by atoms with E-state index in [0.717, 1.165) is 41.4 Å². The second kappa shape index (κ2) is 9.16. The smallest absolute Gasteiger partial charge is 0.339 e. The predicted octanol–water partition coefficient (Wildman–Crippen LogP) is 4.55. The first kappa shape index (κ1) is 20.8. The van der Waals surface area contributed by atoms with Gasteiger partial charge >= 0.3 is 5.97 Å². The van der Waals surface area contributed by atoms with Crippen molar-refractivity contribution in [2.45, 2.75) is 33.1 Å². The van der Waals surface area contributed by atoms with Crippen molar-refractivity contribution < 1.29 is 19.1 Å². The van der Waals surface area contributed by atoms with Gasteiger partial charge in [-0.05, 0) is 55.9 Å². The summed E-state index contributed by atoms with van der Waals surface area (Å²) in [6.45, 7) is 4.16. The van der Waals surface area contributed by atoms with Crippen molar-refractivity contribution in [3.05, 3.63) is 65.4 Å². The van der Waals surface area contributed by atoms with E-state index in [4.69, 9.17) is 14.5 Å². The highest BCUT2D eigenvalue weighted by atomic mass is 16.5. The van der Waals surface area contributed by atoms with Gasteiger partial charge in [0.05, 0.1) is 23.4 Å². The molecular weight excluding hydrogens is 392 g/mol. The fourth-order valence-electron chi connectivity index (χ4n) is 4.04. The minimum Gasteiger partial charge on any atom is -0.492 e. The number of aryl methyl sites for hydroxylation is 1. The number of carbonyl (C=O) groups excluding carboxylic acids is 2. The van der Waals surface area contributed by atoms with Crippen LogP contribution >= 0.6 is 0 Å². The van der Waals surface area contributed by atoms with E-state index in [9.17, 15) is 9.59 Å². The van der Waals surface area contributed by atoms with E-state index in [-0.39, 0.29) is 6.61 Å². The maximum atomic E-state index is 13.1. The molecule has 6 heteroatoms. The molecule has 0 fully saturated rings. The summed E-state index contributed by atoms with van der Waals surface area (Å²) >= 11 is 0. The summed E-state index contributed by atoms with van der Waals surface area (Å²) in [6, 6.07) is 14.8. The number of amides is 1. The van der Waals surface area contributed by atoms with Crippen LogP contribution in [0.2, 0.25) is 0 Å². The Morgan fingerprint density at radius 2 is 1.90 bits per heavy atom. The van der Waals surface area contributed by atoms with Gasteiger partial charge in [-0.15, -0.1) is 0 Å². The van der Waals surface area contributed by atoms with Gasteiger partial charge in [0.25, 0.3) is 5.91 Å². The number of carbonyl (C=O) groups is 2. The molecule has 1 amide bonds. The number of nitrogens with one attached hydrogen (secondary N) is 1. The molecule has 31 heavy (non-hydrogen) atoms. The summed E-state index contributed by atoms with van der Waals surface area (Å²) in [4.78, 5) is 30.3. The van der Waals surface area contributed by atoms with Crippen molar-refractivity contribution in [3.8, 4) is 5.75 Å². The van der Waals surface area contributed by atoms with Crippen LogP contribution in [-0.4, -0.2) is 30.1 Å². The Labute approximate surface area is 181 Å². The zero-order chi connectivity index (χ0) is 21.8. The van der Waals surface area contributed by atoms with Gasteiger partial charge in [-0.2, -0.15) is 0 Å². The second-order valence-corrected chi connectivity index (χ2v) is 7.83. The highest BCUT2D eigenvalue weighted by molar-refractivity contribution is 6.06. The Balaban J connectivity index is 1.54. The Hall–Kier alpha value is -3.41. The molecule has 3 aromatic rings. The summed E-state index contributed by atoms with van der Waals surface area (Å²) in [5, 5.41) is 3.52. The van der Waals surface area contributed by atoms with Gasteiger partial charge < -0.3 is 14.8 Å². The van der Waals surface area contributed by atoms with Gasteiger partial charge in [-0.1, -0.05) is 37.3 Å². The third-order valence-corrected chi connectivity index (χ3v) is 5.50. The van der Waals surface area contributed by atoms with Crippen molar-refractivity contribution in [2.24, 2.45) is 5.92 Å². The molecule has 1 aliphatic rings. The fraction of sp³-hybridized carbons (Fsp3) is 0.320. The molecule has 6 nitrogen and oxygen atoms in total. The molecule has 0 radical (unpaired) electrons. The number of benzene rings is 2. The van der Waals surface area contributed by atoms with Gasteiger partial charge in [0, 0.05) is 11.1 Å². The number of para-hydroxylation sites is 3. The van der Waals surface area contributed by atoms with Gasteiger partial charge in [0.1, 0.15) is 5.75 Å². The Morgan fingerprint density at radius 1 is 1.13 bits per heavy atom. The maximum Gasteiger partial charge on any atom is 0.339 e. The lowest BCUT2D eigenvalue weighted by molar-refractivity contribution is -0.119. The Morgan fingerprint density at radius 3 is 2.74 bits per heavy atom. The molecule has 0 aliphatic heterocycles. The van der Waals surface area contributed by atoms with Gasteiger partial charge in [0.2, 0.25) is 0 Å². The highest BCUT2D eigenvalue weighted by Crippen LogP contribution is 2.32. The zero-order valence-electron chi connectivity index (χ0n) is 17.8. The lowest BCUT2D eigenvalue weighted by Gasteiger charge is -2.24. The minimum atomic E-state index is -0.489. The highest BCUT2D eigenvalue weighted by Gasteiger charge is 2.26. The molecule has 4 rings (SSSR count). The van der Waals surface area contributed by atoms with Crippen molar-refractivity contribution >= 4 is 28.5 Å². The molecule has 0 bridgehead atoms. The van der Waals surface area contributed by atoms with Crippen LogP contribution in [-0.2, 0) is 22.4 Å². The van der Waals surface area contributed by atoms with Gasteiger partial charge in [-0.25, -0.2) is 4.79 Å². The number of nitrogens with zero attached hydrogens (tertiary/aromatic N) is 1. The first-order valence-corrected chi connectivity index (χ1v) is 10.7. The topological polar surface area (TPSA) is 77.5 Å². The van der Waals surface area contributed by atoms with Crippen molar-refractivity contribution in [2.75, 3.05) is 18.5 Å². The number of pyridine rings is 1. The number of hydrogen-bond donors (Lipinski definition) is 1. The lowest BCUT2D eigenvalue weighted by Crippen LogP contribution is -2.24. The number of fused-ring (bicyclic) bond motifs is 2. The molecule has 160 valence electrons. The summed E-state index contributed by atoms with van der Waals surface area (Å²) in [5.41, 5.74) is 3.77. The summed E-state index contributed by atoms with van der Waals surface area (Å²) in [5.74, 6) is 0.145. The predicted molar refractivity (Wildman–Crippen MR) is 119 cm³/mol. The lowest BCUT2D eigenvalue weighted by atomic mass is 9.84. The molecule has 0 unspecified atom stereocenters. The normalized spacial score (nSPS) is 15.2. The van der Waals surface area contributed by atoms with Crippen molar-refractivity contribution in [1.29, 1.82) is 0 Å². The Bertz CT molecular complexity index is 1130. The van der Waals surface area contributed by atoms with E-state index in [1.807, 2.05) is 37.3 Å². The first-order chi connectivity index (χ1) is 15.1. The number of ether oxygens (including phenoxy) is 2. The average molecular weight is 418 g/mol. The molecule has 2 aromatic carbocycles. The van der Waals surface area contributed by atoms with Crippen molar-refractivity contribution in [3.63, 3.8) is 0 Å². The first-order valence-electron chi connectivity index (χ1n) is 10.7. The zero-order valence-corrected chi connectivity index (χ0v) is 17.8. The number of aromatic nitrogens is 1. The van der Waals surface area contributed by atoms with Crippen LogP contribution in [0.3, 0.4) is 0 Å².